The number of aldehydes is 1. The topological polar surface area (TPSA) is 103 Å². The van der Waals surface area contributed by atoms with E-state index in [1.807, 2.05) is 36.9 Å². The fourth-order valence-corrected chi connectivity index (χ4v) is 4.39. The minimum Gasteiger partial charge on any atom is -0.490 e. The van der Waals surface area contributed by atoms with Gasteiger partial charge in [0.05, 0.1) is 29.4 Å². The molecule has 0 aliphatic heterocycles. The Morgan fingerprint density at radius 3 is 2.82 bits per heavy atom. The molecule has 1 aliphatic carbocycles. The largest absolute Gasteiger partial charge is 0.490 e. The van der Waals surface area contributed by atoms with Gasteiger partial charge in [0.2, 0.25) is 0 Å². The van der Waals surface area contributed by atoms with Crippen molar-refractivity contribution >= 4 is 34.4 Å². The standard InChI is InChI=1S/C24H26N6O3/c1-15(2)33-22-11-20-17(13-30(28-20)18-6-4-16(14-31)5-7-18)10-19(22)24(32)27-21-12-26-29-9-3-8-25-23(21)29/h3,8-16,18H,4-7H2,1-2H3,(H,27,32). The summed E-state index contributed by atoms with van der Waals surface area (Å²) in [6, 6.07) is 5.68. The van der Waals surface area contributed by atoms with E-state index in [1.165, 1.54) is 0 Å². The average molecular weight is 447 g/mol. The quantitative estimate of drug-likeness (QED) is 0.448. The summed E-state index contributed by atoms with van der Waals surface area (Å²) in [6.07, 6.45) is 11.6. The van der Waals surface area contributed by atoms with Crippen LogP contribution in [0.2, 0.25) is 0 Å². The molecule has 1 fully saturated rings. The van der Waals surface area contributed by atoms with E-state index in [-0.39, 0.29) is 24.0 Å². The van der Waals surface area contributed by atoms with Gasteiger partial charge in [-0.15, -0.1) is 0 Å². The summed E-state index contributed by atoms with van der Waals surface area (Å²) >= 11 is 0. The van der Waals surface area contributed by atoms with E-state index in [1.54, 1.807) is 29.2 Å². The lowest BCUT2D eigenvalue weighted by molar-refractivity contribution is -0.112. The zero-order valence-corrected chi connectivity index (χ0v) is 18.6. The van der Waals surface area contributed by atoms with Crippen LogP contribution >= 0.6 is 0 Å². The summed E-state index contributed by atoms with van der Waals surface area (Å²) in [4.78, 5) is 28.6. The van der Waals surface area contributed by atoms with Crippen molar-refractivity contribution in [1.29, 1.82) is 0 Å². The van der Waals surface area contributed by atoms with Crippen LogP contribution in [0, 0.1) is 5.92 Å². The van der Waals surface area contributed by atoms with Gasteiger partial charge in [-0.2, -0.15) is 10.2 Å². The fourth-order valence-electron chi connectivity index (χ4n) is 4.39. The maximum atomic E-state index is 13.3. The molecule has 3 aromatic heterocycles. The van der Waals surface area contributed by atoms with Crippen LogP contribution in [-0.4, -0.2) is 42.7 Å². The summed E-state index contributed by atoms with van der Waals surface area (Å²) in [7, 11) is 0. The van der Waals surface area contributed by atoms with Gasteiger partial charge in [-0.1, -0.05) is 0 Å². The Morgan fingerprint density at radius 1 is 1.24 bits per heavy atom. The van der Waals surface area contributed by atoms with Crippen molar-refractivity contribution in [2.45, 2.75) is 51.7 Å². The fraction of sp³-hybridized carbons (Fsp3) is 0.375. The molecule has 1 N–H and O–H groups in total. The Hall–Kier alpha value is -3.75. The lowest BCUT2D eigenvalue weighted by Gasteiger charge is -2.25. The number of rotatable bonds is 6. The number of amides is 1. The van der Waals surface area contributed by atoms with E-state index >= 15 is 0 Å². The number of benzene rings is 1. The Kier molecular flexibility index (Phi) is 5.53. The molecule has 4 aromatic rings. The van der Waals surface area contributed by atoms with Crippen LogP contribution in [0.4, 0.5) is 5.69 Å². The van der Waals surface area contributed by atoms with Gasteiger partial charge in [0.25, 0.3) is 5.91 Å². The second-order valence-corrected chi connectivity index (χ2v) is 8.79. The number of carbonyl (C=O) groups excluding carboxylic acids is 2. The first-order valence-corrected chi connectivity index (χ1v) is 11.3. The van der Waals surface area contributed by atoms with Crippen LogP contribution in [0.25, 0.3) is 16.6 Å². The van der Waals surface area contributed by atoms with Gasteiger partial charge in [0.15, 0.2) is 5.65 Å². The summed E-state index contributed by atoms with van der Waals surface area (Å²) in [6.45, 7) is 3.84. The molecule has 1 aliphatic rings. The Bertz CT molecular complexity index is 1320. The van der Waals surface area contributed by atoms with Gasteiger partial charge in [-0.05, 0) is 51.7 Å². The minimum atomic E-state index is -0.299. The number of hydrogen-bond acceptors (Lipinski definition) is 6. The van der Waals surface area contributed by atoms with Gasteiger partial charge in [-0.3, -0.25) is 9.48 Å². The molecule has 1 saturated carbocycles. The van der Waals surface area contributed by atoms with Gasteiger partial charge in [0, 0.05) is 36.0 Å². The highest BCUT2D eigenvalue weighted by Gasteiger charge is 2.24. The third-order valence-electron chi connectivity index (χ3n) is 6.07. The number of hydrogen-bond donors (Lipinski definition) is 1. The smallest absolute Gasteiger partial charge is 0.259 e. The van der Waals surface area contributed by atoms with Crippen LogP contribution in [0.15, 0.2) is 43.0 Å². The molecule has 1 amide bonds. The molecule has 0 saturated heterocycles. The third kappa shape index (κ3) is 4.18. The van der Waals surface area contributed by atoms with Crippen molar-refractivity contribution in [2.24, 2.45) is 5.92 Å². The molecular formula is C24H26N6O3. The second-order valence-electron chi connectivity index (χ2n) is 8.79. The Morgan fingerprint density at radius 2 is 2.06 bits per heavy atom. The van der Waals surface area contributed by atoms with Gasteiger partial charge >= 0.3 is 0 Å². The maximum Gasteiger partial charge on any atom is 0.259 e. The molecule has 3 heterocycles. The molecule has 33 heavy (non-hydrogen) atoms. The second kappa shape index (κ2) is 8.65. The molecule has 0 spiro atoms. The molecule has 5 rings (SSSR count). The van der Waals surface area contributed by atoms with Crippen molar-refractivity contribution in [3.05, 3.63) is 48.5 Å². The number of carbonyl (C=O) groups is 2. The highest BCUT2D eigenvalue weighted by Crippen LogP contribution is 2.33. The molecule has 0 radical (unpaired) electrons. The van der Waals surface area contributed by atoms with Crippen molar-refractivity contribution in [1.82, 2.24) is 24.4 Å². The molecule has 170 valence electrons. The molecule has 0 unspecified atom stereocenters. The lowest BCUT2D eigenvalue weighted by atomic mass is 9.87. The number of nitrogens with zero attached hydrogens (tertiary/aromatic N) is 5. The van der Waals surface area contributed by atoms with Crippen molar-refractivity contribution in [2.75, 3.05) is 5.32 Å². The summed E-state index contributed by atoms with van der Waals surface area (Å²) in [5.74, 6) is 0.337. The van der Waals surface area contributed by atoms with Crippen LogP contribution in [-0.2, 0) is 4.79 Å². The zero-order valence-electron chi connectivity index (χ0n) is 18.6. The molecule has 1 aromatic carbocycles. The van der Waals surface area contributed by atoms with Crippen LogP contribution < -0.4 is 10.1 Å². The number of ether oxygens (including phenoxy) is 1. The maximum absolute atomic E-state index is 13.3. The molecule has 9 nitrogen and oxygen atoms in total. The summed E-state index contributed by atoms with van der Waals surface area (Å²) in [5.41, 5.74) is 2.30. The van der Waals surface area contributed by atoms with Gasteiger partial charge in [-0.25, -0.2) is 9.50 Å². The predicted octanol–water partition coefficient (Wildman–Crippen LogP) is 4.05. The Balaban J connectivity index is 1.47. The highest BCUT2D eigenvalue weighted by molar-refractivity contribution is 6.09. The van der Waals surface area contributed by atoms with Crippen LogP contribution in [0.5, 0.6) is 5.75 Å². The number of aromatic nitrogens is 5. The normalized spacial score (nSPS) is 18.6. The summed E-state index contributed by atoms with van der Waals surface area (Å²) in [5, 5.41) is 12.8. The van der Waals surface area contributed by atoms with E-state index in [2.05, 4.69) is 15.4 Å². The van der Waals surface area contributed by atoms with Crippen LogP contribution in [0.1, 0.15) is 55.9 Å². The van der Waals surface area contributed by atoms with E-state index in [4.69, 9.17) is 9.84 Å². The zero-order chi connectivity index (χ0) is 22.9. The number of anilines is 1. The molecule has 9 heteroatoms. The first kappa shape index (κ1) is 21.1. The highest BCUT2D eigenvalue weighted by atomic mass is 16.5. The van der Waals surface area contributed by atoms with E-state index in [9.17, 15) is 9.59 Å². The Labute approximate surface area is 190 Å². The molecule has 0 bridgehead atoms. The van der Waals surface area contributed by atoms with Crippen LogP contribution in [0.3, 0.4) is 0 Å². The lowest BCUT2D eigenvalue weighted by Crippen LogP contribution is -2.19. The minimum absolute atomic E-state index is 0.103. The van der Waals surface area contributed by atoms with Crippen molar-refractivity contribution < 1.29 is 14.3 Å². The average Bonchev–Trinajstić information content (AvgIpc) is 3.42. The van der Waals surface area contributed by atoms with Crippen molar-refractivity contribution in [3.63, 3.8) is 0 Å². The third-order valence-corrected chi connectivity index (χ3v) is 6.07. The predicted molar refractivity (Wildman–Crippen MR) is 123 cm³/mol. The molecule has 0 atom stereocenters. The first-order chi connectivity index (χ1) is 16.0. The first-order valence-electron chi connectivity index (χ1n) is 11.3. The van der Waals surface area contributed by atoms with E-state index < -0.39 is 0 Å². The van der Waals surface area contributed by atoms with Gasteiger partial charge in [0.1, 0.15) is 17.7 Å². The monoisotopic (exact) mass is 446 g/mol. The number of nitrogens with one attached hydrogen (secondary N) is 1. The summed E-state index contributed by atoms with van der Waals surface area (Å²) < 4.78 is 9.56. The van der Waals surface area contributed by atoms with E-state index in [0.29, 0.717) is 22.6 Å². The van der Waals surface area contributed by atoms with E-state index in [0.717, 1.165) is 42.9 Å². The van der Waals surface area contributed by atoms with Gasteiger partial charge < -0.3 is 14.8 Å². The molecular weight excluding hydrogens is 420 g/mol. The SMILES string of the molecule is CC(C)Oc1cc2nn(C3CCC(C=O)CC3)cc2cc1C(=O)Nc1cnn2cccnc12. The number of fused-ring (bicyclic) bond motifs is 2. The van der Waals surface area contributed by atoms with Crippen molar-refractivity contribution in [3.8, 4) is 5.75 Å².